The van der Waals surface area contributed by atoms with Gasteiger partial charge in [-0.15, -0.1) is 0 Å². The standard InChI is InChI=1S/C22H19NO2/c1-15-16(2)25-17(3)21(15)22(24)23-20-11-7-10-19(14-20)13-12-18-8-5-4-6-9-18/h4-11,14H,1-3H3,(H,23,24). The van der Waals surface area contributed by atoms with Gasteiger partial charge in [0.2, 0.25) is 0 Å². The minimum Gasteiger partial charge on any atom is -0.466 e. The lowest BCUT2D eigenvalue weighted by atomic mass is 10.1. The molecule has 0 aliphatic carbocycles. The summed E-state index contributed by atoms with van der Waals surface area (Å²) in [6.07, 6.45) is 0. The van der Waals surface area contributed by atoms with Crippen molar-refractivity contribution < 1.29 is 9.21 Å². The lowest BCUT2D eigenvalue weighted by molar-refractivity contribution is 0.102. The average Bonchev–Trinajstić information content (AvgIpc) is 2.86. The third-order valence-electron chi connectivity index (χ3n) is 4.03. The van der Waals surface area contributed by atoms with Crippen molar-refractivity contribution in [3.8, 4) is 11.8 Å². The summed E-state index contributed by atoms with van der Waals surface area (Å²) in [5, 5.41) is 2.93. The first-order valence-corrected chi connectivity index (χ1v) is 8.09. The lowest BCUT2D eigenvalue weighted by Crippen LogP contribution is -2.13. The normalized spacial score (nSPS) is 10.0. The number of amides is 1. The molecule has 3 rings (SSSR count). The largest absolute Gasteiger partial charge is 0.466 e. The molecule has 25 heavy (non-hydrogen) atoms. The van der Waals surface area contributed by atoms with E-state index in [-0.39, 0.29) is 5.91 Å². The van der Waals surface area contributed by atoms with Crippen molar-refractivity contribution >= 4 is 11.6 Å². The second kappa shape index (κ2) is 7.11. The minimum atomic E-state index is -0.167. The van der Waals surface area contributed by atoms with Crippen molar-refractivity contribution in [1.82, 2.24) is 0 Å². The second-order valence-electron chi connectivity index (χ2n) is 5.87. The van der Waals surface area contributed by atoms with Crippen LogP contribution in [-0.2, 0) is 0 Å². The number of anilines is 1. The van der Waals surface area contributed by atoms with Crippen molar-refractivity contribution in [2.24, 2.45) is 0 Å². The molecule has 1 N–H and O–H groups in total. The Bertz CT molecular complexity index is 972. The van der Waals surface area contributed by atoms with E-state index in [1.807, 2.05) is 68.4 Å². The minimum absolute atomic E-state index is 0.167. The van der Waals surface area contributed by atoms with Crippen LogP contribution in [-0.4, -0.2) is 5.91 Å². The highest BCUT2D eigenvalue weighted by atomic mass is 16.3. The number of hydrogen-bond donors (Lipinski definition) is 1. The Morgan fingerprint density at radius 1 is 0.880 bits per heavy atom. The van der Waals surface area contributed by atoms with Crippen molar-refractivity contribution in [3.05, 3.63) is 88.4 Å². The smallest absolute Gasteiger partial charge is 0.259 e. The number of rotatable bonds is 2. The molecule has 0 saturated heterocycles. The predicted octanol–water partition coefficient (Wildman–Crippen LogP) is 4.86. The Morgan fingerprint density at radius 3 is 2.24 bits per heavy atom. The molecule has 0 fully saturated rings. The number of hydrogen-bond acceptors (Lipinski definition) is 2. The third-order valence-corrected chi connectivity index (χ3v) is 4.03. The van der Waals surface area contributed by atoms with E-state index in [0.717, 1.165) is 22.5 Å². The third kappa shape index (κ3) is 3.81. The van der Waals surface area contributed by atoms with E-state index in [9.17, 15) is 4.79 Å². The molecular weight excluding hydrogens is 310 g/mol. The maximum absolute atomic E-state index is 12.6. The fourth-order valence-corrected chi connectivity index (χ4v) is 2.66. The van der Waals surface area contributed by atoms with Crippen LogP contribution in [0.25, 0.3) is 0 Å². The summed E-state index contributed by atoms with van der Waals surface area (Å²) in [6, 6.07) is 17.3. The first-order valence-electron chi connectivity index (χ1n) is 8.09. The lowest BCUT2D eigenvalue weighted by Gasteiger charge is -2.06. The van der Waals surface area contributed by atoms with Gasteiger partial charge in [-0.05, 0) is 51.1 Å². The maximum atomic E-state index is 12.6. The molecule has 3 heteroatoms. The van der Waals surface area contributed by atoms with E-state index in [0.29, 0.717) is 17.0 Å². The first kappa shape index (κ1) is 16.6. The van der Waals surface area contributed by atoms with Gasteiger partial charge in [-0.2, -0.15) is 0 Å². The van der Waals surface area contributed by atoms with E-state index >= 15 is 0 Å². The molecule has 0 aliphatic rings. The molecule has 2 aromatic carbocycles. The molecule has 0 unspecified atom stereocenters. The summed E-state index contributed by atoms with van der Waals surface area (Å²) in [4.78, 5) is 12.6. The van der Waals surface area contributed by atoms with E-state index in [1.54, 1.807) is 6.92 Å². The zero-order valence-electron chi connectivity index (χ0n) is 14.5. The molecule has 1 aromatic heterocycles. The SMILES string of the molecule is Cc1oc(C)c(C(=O)Nc2cccc(C#Cc3ccccc3)c2)c1C. The van der Waals surface area contributed by atoms with Crippen LogP contribution in [0.4, 0.5) is 5.69 Å². The molecule has 0 aliphatic heterocycles. The van der Waals surface area contributed by atoms with Gasteiger partial charge in [-0.25, -0.2) is 0 Å². The molecule has 3 nitrogen and oxygen atoms in total. The summed E-state index contributed by atoms with van der Waals surface area (Å²) in [7, 11) is 0. The highest BCUT2D eigenvalue weighted by molar-refractivity contribution is 6.06. The summed E-state index contributed by atoms with van der Waals surface area (Å²) < 4.78 is 5.53. The van der Waals surface area contributed by atoms with Gasteiger partial charge in [0.05, 0.1) is 5.56 Å². The van der Waals surface area contributed by atoms with Crippen molar-refractivity contribution in [2.75, 3.05) is 5.32 Å². The fourth-order valence-electron chi connectivity index (χ4n) is 2.66. The molecule has 124 valence electrons. The number of nitrogens with one attached hydrogen (secondary N) is 1. The Balaban J connectivity index is 1.80. The number of carbonyl (C=O) groups is 1. The molecule has 1 heterocycles. The van der Waals surface area contributed by atoms with Crippen LogP contribution in [0.2, 0.25) is 0 Å². The highest BCUT2D eigenvalue weighted by Gasteiger charge is 2.18. The Labute approximate surface area is 147 Å². The van der Waals surface area contributed by atoms with Crippen LogP contribution in [0.5, 0.6) is 0 Å². The van der Waals surface area contributed by atoms with Gasteiger partial charge < -0.3 is 9.73 Å². The summed E-state index contributed by atoms with van der Waals surface area (Å²) in [5.41, 5.74) is 3.98. The molecule has 0 spiro atoms. The molecule has 0 bridgehead atoms. The zero-order chi connectivity index (χ0) is 17.8. The topological polar surface area (TPSA) is 42.2 Å². The van der Waals surface area contributed by atoms with Crippen molar-refractivity contribution in [3.63, 3.8) is 0 Å². The monoisotopic (exact) mass is 329 g/mol. The van der Waals surface area contributed by atoms with Crippen LogP contribution in [0, 0.1) is 32.6 Å². The number of furan rings is 1. The van der Waals surface area contributed by atoms with Gasteiger partial charge in [0.1, 0.15) is 11.5 Å². The number of carbonyl (C=O) groups excluding carboxylic acids is 1. The molecule has 0 saturated carbocycles. The first-order chi connectivity index (χ1) is 12.0. The highest BCUT2D eigenvalue weighted by Crippen LogP contribution is 2.22. The summed E-state index contributed by atoms with van der Waals surface area (Å²) >= 11 is 0. The van der Waals surface area contributed by atoms with Crippen LogP contribution >= 0.6 is 0 Å². The average molecular weight is 329 g/mol. The zero-order valence-corrected chi connectivity index (χ0v) is 14.5. The van der Waals surface area contributed by atoms with Crippen molar-refractivity contribution in [1.29, 1.82) is 0 Å². The van der Waals surface area contributed by atoms with Gasteiger partial charge in [-0.1, -0.05) is 36.1 Å². The molecule has 0 radical (unpaired) electrons. The van der Waals surface area contributed by atoms with Crippen LogP contribution in [0.1, 0.15) is 38.6 Å². The van der Waals surface area contributed by atoms with E-state index in [2.05, 4.69) is 17.2 Å². The molecular formula is C22H19NO2. The maximum Gasteiger partial charge on any atom is 0.259 e. The fraction of sp³-hybridized carbons (Fsp3) is 0.136. The second-order valence-corrected chi connectivity index (χ2v) is 5.87. The van der Waals surface area contributed by atoms with Gasteiger partial charge >= 0.3 is 0 Å². The van der Waals surface area contributed by atoms with Gasteiger partial charge in [-0.3, -0.25) is 4.79 Å². The van der Waals surface area contributed by atoms with E-state index in [1.165, 1.54) is 0 Å². The number of aryl methyl sites for hydroxylation is 2. The Hall–Kier alpha value is -3.25. The number of benzene rings is 2. The van der Waals surface area contributed by atoms with Crippen LogP contribution < -0.4 is 5.32 Å². The van der Waals surface area contributed by atoms with Gasteiger partial charge in [0.25, 0.3) is 5.91 Å². The molecule has 3 aromatic rings. The summed E-state index contributed by atoms with van der Waals surface area (Å²) in [5.74, 6) is 7.47. The quantitative estimate of drug-likeness (QED) is 0.682. The Morgan fingerprint density at radius 2 is 1.56 bits per heavy atom. The predicted molar refractivity (Wildman–Crippen MR) is 99.7 cm³/mol. The van der Waals surface area contributed by atoms with Crippen LogP contribution in [0.15, 0.2) is 59.0 Å². The van der Waals surface area contributed by atoms with Gasteiger partial charge in [0.15, 0.2) is 0 Å². The van der Waals surface area contributed by atoms with Gasteiger partial charge in [0, 0.05) is 22.4 Å². The molecule has 1 amide bonds. The van der Waals surface area contributed by atoms with Crippen molar-refractivity contribution in [2.45, 2.75) is 20.8 Å². The Kier molecular flexibility index (Phi) is 4.72. The van der Waals surface area contributed by atoms with Crippen LogP contribution in [0.3, 0.4) is 0 Å². The van der Waals surface area contributed by atoms with E-state index < -0.39 is 0 Å². The van der Waals surface area contributed by atoms with E-state index in [4.69, 9.17) is 4.42 Å². The molecule has 0 atom stereocenters. The summed E-state index contributed by atoms with van der Waals surface area (Å²) in [6.45, 7) is 5.55.